The largest absolute Gasteiger partial charge is 0.450 e. The average molecular weight is 321 g/mol. The SMILES string of the molecule is CCCCNc1ccnc(NC2CCN(C(=O)OCC)CC2)n1. The van der Waals surface area contributed by atoms with Crippen molar-refractivity contribution < 1.29 is 9.53 Å². The number of rotatable bonds is 7. The summed E-state index contributed by atoms with van der Waals surface area (Å²) >= 11 is 0. The van der Waals surface area contributed by atoms with Gasteiger partial charge in [0, 0.05) is 31.9 Å². The van der Waals surface area contributed by atoms with Crippen LogP contribution in [0.5, 0.6) is 0 Å². The predicted octanol–water partition coefficient (Wildman–Crippen LogP) is 2.72. The van der Waals surface area contributed by atoms with Gasteiger partial charge in [-0.1, -0.05) is 13.3 Å². The molecule has 1 aromatic heterocycles. The highest BCUT2D eigenvalue weighted by Gasteiger charge is 2.23. The summed E-state index contributed by atoms with van der Waals surface area (Å²) in [7, 11) is 0. The molecule has 7 heteroatoms. The lowest BCUT2D eigenvalue weighted by Crippen LogP contribution is -2.42. The predicted molar refractivity (Wildman–Crippen MR) is 90.7 cm³/mol. The monoisotopic (exact) mass is 321 g/mol. The van der Waals surface area contributed by atoms with E-state index in [2.05, 4.69) is 27.5 Å². The quantitative estimate of drug-likeness (QED) is 0.752. The number of aromatic nitrogens is 2. The molecule has 2 N–H and O–H groups in total. The van der Waals surface area contributed by atoms with Gasteiger partial charge < -0.3 is 20.3 Å². The third-order valence-corrected chi connectivity index (χ3v) is 3.85. The van der Waals surface area contributed by atoms with E-state index < -0.39 is 0 Å². The molecule has 1 aromatic rings. The van der Waals surface area contributed by atoms with E-state index in [4.69, 9.17) is 4.74 Å². The number of unbranched alkanes of at least 4 members (excludes halogenated alkanes) is 1. The third-order valence-electron chi connectivity index (χ3n) is 3.85. The Morgan fingerprint density at radius 3 is 2.87 bits per heavy atom. The first-order valence-corrected chi connectivity index (χ1v) is 8.48. The van der Waals surface area contributed by atoms with Gasteiger partial charge in [0.1, 0.15) is 5.82 Å². The standard InChI is InChI=1S/C16H27N5O2/c1-3-5-9-17-14-6-10-18-15(20-14)19-13-7-11-21(12-8-13)16(22)23-4-2/h6,10,13H,3-5,7-9,11-12H2,1-2H3,(H2,17,18,19,20). The Bertz CT molecular complexity index is 489. The number of nitrogens with one attached hydrogen (secondary N) is 2. The second kappa shape index (κ2) is 9.17. The zero-order valence-electron chi connectivity index (χ0n) is 14.0. The van der Waals surface area contributed by atoms with E-state index in [0.717, 1.165) is 38.0 Å². The number of likely N-dealkylation sites (tertiary alicyclic amines) is 1. The molecule has 1 aliphatic heterocycles. The first kappa shape index (κ1) is 17.3. The fourth-order valence-electron chi connectivity index (χ4n) is 2.52. The Labute approximate surface area is 137 Å². The highest BCUT2D eigenvalue weighted by Crippen LogP contribution is 2.16. The van der Waals surface area contributed by atoms with Gasteiger partial charge in [-0.05, 0) is 32.3 Å². The van der Waals surface area contributed by atoms with E-state index in [0.29, 0.717) is 25.6 Å². The molecule has 7 nitrogen and oxygen atoms in total. The molecule has 0 spiro atoms. The van der Waals surface area contributed by atoms with Crippen LogP contribution >= 0.6 is 0 Å². The number of ether oxygens (including phenoxy) is 1. The lowest BCUT2D eigenvalue weighted by atomic mass is 10.1. The Hall–Kier alpha value is -2.05. The fraction of sp³-hybridized carbons (Fsp3) is 0.688. The van der Waals surface area contributed by atoms with Crippen LogP contribution in [0.3, 0.4) is 0 Å². The van der Waals surface area contributed by atoms with E-state index in [1.54, 1.807) is 11.1 Å². The number of nitrogens with zero attached hydrogens (tertiary/aromatic N) is 3. The Morgan fingerprint density at radius 2 is 2.17 bits per heavy atom. The highest BCUT2D eigenvalue weighted by atomic mass is 16.6. The molecule has 0 saturated carbocycles. The van der Waals surface area contributed by atoms with Gasteiger partial charge in [0.15, 0.2) is 0 Å². The van der Waals surface area contributed by atoms with Crippen LogP contribution in [-0.4, -0.2) is 53.2 Å². The summed E-state index contributed by atoms with van der Waals surface area (Å²) in [6.45, 7) is 6.73. The fourth-order valence-corrected chi connectivity index (χ4v) is 2.52. The van der Waals surface area contributed by atoms with Gasteiger partial charge in [-0.15, -0.1) is 0 Å². The third kappa shape index (κ3) is 5.58. The molecule has 1 fully saturated rings. The van der Waals surface area contributed by atoms with E-state index in [1.165, 1.54) is 0 Å². The molecule has 0 radical (unpaired) electrons. The first-order valence-electron chi connectivity index (χ1n) is 8.48. The maximum absolute atomic E-state index is 11.7. The molecule has 0 bridgehead atoms. The van der Waals surface area contributed by atoms with Crippen LogP contribution in [0.1, 0.15) is 39.5 Å². The van der Waals surface area contributed by atoms with Crippen molar-refractivity contribution in [1.29, 1.82) is 0 Å². The average Bonchev–Trinajstić information content (AvgIpc) is 2.56. The van der Waals surface area contributed by atoms with Gasteiger partial charge in [-0.2, -0.15) is 4.98 Å². The summed E-state index contributed by atoms with van der Waals surface area (Å²) in [4.78, 5) is 22.2. The summed E-state index contributed by atoms with van der Waals surface area (Å²) in [6.07, 6.45) is 5.56. The number of piperidine rings is 1. The summed E-state index contributed by atoms with van der Waals surface area (Å²) in [6, 6.07) is 2.16. The Balaban J connectivity index is 1.79. The van der Waals surface area contributed by atoms with Crippen LogP contribution in [0.4, 0.5) is 16.6 Å². The van der Waals surface area contributed by atoms with Gasteiger partial charge in [-0.25, -0.2) is 9.78 Å². The van der Waals surface area contributed by atoms with Crippen LogP contribution in [0.25, 0.3) is 0 Å². The molecule has 23 heavy (non-hydrogen) atoms. The molecule has 0 atom stereocenters. The van der Waals surface area contributed by atoms with Crippen molar-refractivity contribution in [1.82, 2.24) is 14.9 Å². The van der Waals surface area contributed by atoms with Crippen molar-refractivity contribution in [3.63, 3.8) is 0 Å². The molecule has 0 unspecified atom stereocenters. The number of amides is 1. The lowest BCUT2D eigenvalue weighted by molar-refractivity contribution is 0.0983. The molecule has 1 amide bonds. The van der Waals surface area contributed by atoms with Crippen molar-refractivity contribution in [2.75, 3.05) is 36.9 Å². The second-order valence-electron chi connectivity index (χ2n) is 5.65. The molecule has 1 aliphatic rings. The van der Waals surface area contributed by atoms with Crippen molar-refractivity contribution in [3.8, 4) is 0 Å². The number of carbonyl (C=O) groups excluding carboxylic acids is 1. The topological polar surface area (TPSA) is 79.4 Å². The van der Waals surface area contributed by atoms with Crippen molar-refractivity contribution >= 4 is 17.9 Å². The van der Waals surface area contributed by atoms with Gasteiger partial charge in [0.2, 0.25) is 5.95 Å². The molecule has 2 rings (SSSR count). The Kier molecular flexibility index (Phi) is 6.90. The zero-order chi connectivity index (χ0) is 16.5. The van der Waals surface area contributed by atoms with Crippen LogP contribution in [0.15, 0.2) is 12.3 Å². The van der Waals surface area contributed by atoms with Gasteiger partial charge in [-0.3, -0.25) is 0 Å². The maximum atomic E-state index is 11.7. The Morgan fingerprint density at radius 1 is 1.39 bits per heavy atom. The molecule has 128 valence electrons. The van der Waals surface area contributed by atoms with E-state index in [9.17, 15) is 4.79 Å². The van der Waals surface area contributed by atoms with Crippen LogP contribution in [0, 0.1) is 0 Å². The van der Waals surface area contributed by atoms with E-state index >= 15 is 0 Å². The van der Waals surface area contributed by atoms with Gasteiger partial charge >= 0.3 is 6.09 Å². The van der Waals surface area contributed by atoms with E-state index in [-0.39, 0.29) is 12.1 Å². The lowest BCUT2D eigenvalue weighted by Gasteiger charge is -2.31. The summed E-state index contributed by atoms with van der Waals surface area (Å²) < 4.78 is 5.03. The van der Waals surface area contributed by atoms with Crippen molar-refractivity contribution in [3.05, 3.63) is 12.3 Å². The number of hydrogen-bond donors (Lipinski definition) is 2. The van der Waals surface area contributed by atoms with Crippen molar-refractivity contribution in [2.24, 2.45) is 0 Å². The minimum absolute atomic E-state index is 0.218. The summed E-state index contributed by atoms with van der Waals surface area (Å²) in [5.41, 5.74) is 0. The first-order chi connectivity index (χ1) is 11.2. The molecule has 0 aromatic carbocycles. The summed E-state index contributed by atoms with van der Waals surface area (Å²) in [5, 5.41) is 6.66. The molecular formula is C16H27N5O2. The normalized spacial score (nSPS) is 15.3. The van der Waals surface area contributed by atoms with Crippen LogP contribution in [-0.2, 0) is 4.74 Å². The minimum Gasteiger partial charge on any atom is -0.450 e. The van der Waals surface area contributed by atoms with Crippen molar-refractivity contribution in [2.45, 2.75) is 45.6 Å². The van der Waals surface area contributed by atoms with Gasteiger partial charge in [0.25, 0.3) is 0 Å². The van der Waals surface area contributed by atoms with Gasteiger partial charge in [0.05, 0.1) is 6.61 Å². The maximum Gasteiger partial charge on any atom is 0.409 e. The molecular weight excluding hydrogens is 294 g/mol. The highest BCUT2D eigenvalue weighted by molar-refractivity contribution is 5.67. The second-order valence-corrected chi connectivity index (χ2v) is 5.65. The number of anilines is 2. The van der Waals surface area contributed by atoms with E-state index in [1.807, 2.05) is 13.0 Å². The molecule has 0 aliphatic carbocycles. The molecule has 1 saturated heterocycles. The number of hydrogen-bond acceptors (Lipinski definition) is 6. The smallest absolute Gasteiger partial charge is 0.409 e. The zero-order valence-corrected chi connectivity index (χ0v) is 14.0. The van der Waals surface area contributed by atoms with Crippen LogP contribution < -0.4 is 10.6 Å². The molecule has 2 heterocycles. The van der Waals surface area contributed by atoms with Crippen LogP contribution in [0.2, 0.25) is 0 Å². The number of carbonyl (C=O) groups is 1. The summed E-state index contributed by atoms with van der Waals surface area (Å²) in [5.74, 6) is 1.49. The minimum atomic E-state index is -0.218.